The molecule has 2 amide bonds. The summed E-state index contributed by atoms with van der Waals surface area (Å²) in [5, 5.41) is 3.96. The normalized spacial score (nSPS) is 14.4. The molecule has 4 rings (SSSR count). The van der Waals surface area contributed by atoms with Gasteiger partial charge in [-0.15, -0.1) is 0 Å². The van der Waals surface area contributed by atoms with E-state index in [0.717, 1.165) is 36.8 Å². The van der Waals surface area contributed by atoms with Gasteiger partial charge in [0.15, 0.2) is 0 Å². The number of carbonyl (C=O) groups is 2. The second-order valence-electron chi connectivity index (χ2n) is 9.27. The maximum absolute atomic E-state index is 13.7. The molecule has 0 aliphatic heterocycles. The minimum atomic E-state index is -0.728. The molecule has 0 unspecified atom stereocenters. The van der Waals surface area contributed by atoms with Gasteiger partial charge in [0, 0.05) is 19.0 Å². The summed E-state index contributed by atoms with van der Waals surface area (Å²) >= 11 is 12.2. The van der Waals surface area contributed by atoms with Crippen LogP contribution < -0.4 is 5.32 Å². The molecule has 4 nitrogen and oxygen atoms in total. The van der Waals surface area contributed by atoms with Crippen molar-refractivity contribution in [1.82, 2.24) is 10.2 Å². The minimum absolute atomic E-state index is 0.0556. The Morgan fingerprint density at radius 1 is 0.889 bits per heavy atom. The van der Waals surface area contributed by atoms with E-state index in [0.29, 0.717) is 22.0 Å². The third-order valence-electron chi connectivity index (χ3n) is 6.58. The van der Waals surface area contributed by atoms with Gasteiger partial charge in [0.2, 0.25) is 11.8 Å². The van der Waals surface area contributed by atoms with Gasteiger partial charge in [0.25, 0.3) is 0 Å². The molecule has 0 heterocycles. The van der Waals surface area contributed by atoms with Gasteiger partial charge in [-0.25, -0.2) is 4.39 Å². The Hall–Kier alpha value is -2.89. The molecule has 0 spiro atoms. The van der Waals surface area contributed by atoms with Crippen molar-refractivity contribution in [2.45, 2.75) is 57.2 Å². The molecule has 36 heavy (non-hydrogen) atoms. The molecular weight excluding hydrogens is 498 g/mol. The highest BCUT2D eigenvalue weighted by molar-refractivity contribution is 6.42. The fraction of sp³-hybridized carbons (Fsp3) is 0.310. The SMILES string of the molecule is O=C(NC1CCCC1)[C@H](Cc1ccccc1)N(Cc1ccc(F)cc1)C(=O)Cc1ccc(Cl)c(Cl)c1. The van der Waals surface area contributed by atoms with Gasteiger partial charge in [-0.1, -0.05) is 84.6 Å². The van der Waals surface area contributed by atoms with Gasteiger partial charge in [-0.3, -0.25) is 9.59 Å². The number of hydrogen-bond acceptors (Lipinski definition) is 2. The molecule has 1 atom stereocenters. The topological polar surface area (TPSA) is 49.4 Å². The zero-order valence-corrected chi connectivity index (χ0v) is 21.4. The van der Waals surface area contributed by atoms with Gasteiger partial charge >= 0.3 is 0 Å². The standard InChI is InChI=1S/C29H29Cl2FN2O2/c30-25-15-12-22(16-26(25)31)18-28(35)34(19-21-10-13-23(32)14-11-21)27(17-20-6-2-1-3-7-20)29(36)33-24-8-4-5-9-24/h1-3,6-7,10-16,24,27H,4-5,8-9,17-19H2,(H,33,36)/t27-/m0/s1. The van der Waals surface area contributed by atoms with E-state index in [-0.39, 0.29) is 36.6 Å². The molecule has 0 aromatic heterocycles. The average molecular weight is 527 g/mol. The largest absolute Gasteiger partial charge is 0.352 e. The average Bonchev–Trinajstić information content (AvgIpc) is 3.38. The van der Waals surface area contributed by atoms with Crippen molar-refractivity contribution in [2.24, 2.45) is 0 Å². The molecule has 3 aromatic carbocycles. The first-order chi connectivity index (χ1) is 17.4. The molecule has 1 saturated carbocycles. The predicted molar refractivity (Wildman–Crippen MR) is 141 cm³/mol. The first-order valence-electron chi connectivity index (χ1n) is 12.2. The van der Waals surface area contributed by atoms with Crippen LogP contribution in [0.25, 0.3) is 0 Å². The maximum atomic E-state index is 13.7. The van der Waals surface area contributed by atoms with Crippen LogP contribution in [0.15, 0.2) is 72.8 Å². The number of nitrogens with one attached hydrogen (secondary N) is 1. The van der Waals surface area contributed by atoms with E-state index in [1.165, 1.54) is 12.1 Å². The first-order valence-corrected chi connectivity index (χ1v) is 13.0. The molecule has 3 aromatic rings. The minimum Gasteiger partial charge on any atom is -0.352 e. The van der Waals surface area contributed by atoms with E-state index < -0.39 is 6.04 Å². The molecule has 1 aliphatic carbocycles. The van der Waals surface area contributed by atoms with E-state index in [9.17, 15) is 14.0 Å². The molecular formula is C29H29Cl2FN2O2. The fourth-order valence-electron chi connectivity index (χ4n) is 4.63. The molecule has 1 N–H and O–H groups in total. The molecule has 0 bridgehead atoms. The third kappa shape index (κ3) is 7.08. The van der Waals surface area contributed by atoms with Crippen LogP contribution in [0.5, 0.6) is 0 Å². The van der Waals surface area contributed by atoms with Crippen LogP contribution in [0.3, 0.4) is 0 Å². The monoisotopic (exact) mass is 526 g/mol. The Labute approximate surface area is 221 Å². The lowest BCUT2D eigenvalue weighted by Crippen LogP contribution is -2.52. The number of halogens is 3. The van der Waals surface area contributed by atoms with Gasteiger partial charge in [-0.2, -0.15) is 0 Å². The third-order valence-corrected chi connectivity index (χ3v) is 7.32. The predicted octanol–water partition coefficient (Wildman–Crippen LogP) is 6.37. The maximum Gasteiger partial charge on any atom is 0.243 e. The molecule has 1 fully saturated rings. The van der Waals surface area contributed by atoms with Crippen LogP contribution in [0.2, 0.25) is 10.0 Å². The highest BCUT2D eigenvalue weighted by Crippen LogP contribution is 2.24. The second kappa shape index (κ2) is 12.4. The van der Waals surface area contributed by atoms with Crippen LogP contribution in [0.4, 0.5) is 4.39 Å². The summed E-state index contributed by atoms with van der Waals surface area (Å²) in [6.45, 7) is 0.177. The van der Waals surface area contributed by atoms with Gasteiger partial charge in [0.1, 0.15) is 11.9 Å². The van der Waals surface area contributed by atoms with Crippen molar-refractivity contribution in [1.29, 1.82) is 0 Å². The first kappa shape index (κ1) is 26.2. The Balaban J connectivity index is 1.66. The lowest BCUT2D eigenvalue weighted by molar-refractivity contribution is -0.141. The smallest absolute Gasteiger partial charge is 0.243 e. The lowest BCUT2D eigenvalue weighted by Gasteiger charge is -2.32. The van der Waals surface area contributed by atoms with Crippen LogP contribution in [-0.2, 0) is 29.0 Å². The summed E-state index contributed by atoms with van der Waals surface area (Å²) in [5.41, 5.74) is 2.40. The zero-order valence-electron chi connectivity index (χ0n) is 19.9. The van der Waals surface area contributed by atoms with Crippen molar-refractivity contribution in [2.75, 3.05) is 0 Å². The highest BCUT2D eigenvalue weighted by Gasteiger charge is 2.32. The summed E-state index contributed by atoms with van der Waals surface area (Å²) in [6.07, 6.45) is 4.49. The molecule has 7 heteroatoms. The number of rotatable bonds is 9. The van der Waals surface area contributed by atoms with E-state index in [1.807, 2.05) is 30.3 Å². The van der Waals surface area contributed by atoms with Crippen molar-refractivity contribution in [3.05, 3.63) is 105 Å². The second-order valence-corrected chi connectivity index (χ2v) is 10.1. The fourth-order valence-corrected chi connectivity index (χ4v) is 4.95. The van der Waals surface area contributed by atoms with E-state index in [4.69, 9.17) is 23.2 Å². The summed E-state index contributed by atoms with van der Waals surface area (Å²) in [5.74, 6) is -0.747. The van der Waals surface area contributed by atoms with Crippen molar-refractivity contribution in [3.8, 4) is 0 Å². The van der Waals surface area contributed by atoms with Gasteiger partial charge in [-0.05, 0) is 53.8 Å². The van der Waals surface area contributed by atoms with Crippen molar-refractivity contribution in [3.63, 3.8) is 0 Å². The molecule has 0 radical (unpaired) electrons. The number of carbonyl (C=O) groups excluding carboxylic acids is 2. The van der Waals surface area contributed by atoms with Crippen LogP contribution >= 0.6 is 23.2 Å². The summed E-state index contributed by atoms with van der Waals surface area (Å²) in [7, 11) is 0. The number of hydrogen-bond donors (Lipinski definition) is 1. The molecule has 0 saturated heterocycles. The van der Waals surface area contributed by atoms with Crippen LogP contribution in [0, 0.1) is 5.82 Å². The Bertz CT molecular complexity index is 1180. The number of amides is 2. The van der Waals surface area contributed by atoms with Crippen LogP contribution in [0.1, 0.15) is 42.4 Å². The van der Waals surface area contributed by atoms with E-state index in [1.54, 1.807) is 35.2 Å². The van der Waals surface area contributed by atoms with Gasteiger partial charge in [0.05, 0.1) is 16.5 Å². The van der Waals surface area contributed by atoms with E-state index in [2.05, 4.69) is 5.32 Å². The Morgan fingerprint density at radius 3 is 2.22 bits per heavy atom. The Kier molecular flexibility index (Phi) is 9.00. The van der Waals surface area contributed by atoms with Crippen molar-refractivity contribution < 1.29 is 14.0 Å². The lowest BCUT2D eigenvalue weighted by atomic mass is 10.0. The molecule has 1 aliphatic rings. The summed E-state index contributed by atoms with van der Waals surface area (Å²) < 4.78 is 13.6. The molecule has 188 valence electrons. The quantitative estimate of drug-likeness (QED) is 0.352. The zero-order chi connectivity index (χ0) is 25.5. The summed E-state index contributed by atoms with van der Waals surface area (Å²) in [6, 6.07) is 20.2. The number of nitrogens with zero attached hydrogens (tertiary/aromatic N) is 1. The van der Waals surface area contributed by atoms with Crippen molar-refractivity contribution >= 4 is 35.0 Å². The van der Waals surface area contributed by atoms with E-state index >= 15 is 0 Å². The van der Waals surface area contributed by atoms with Crippen LogP contribution in [-0.4, -0.2) is 28.8 Å². The highest BCUT2D eigenvalue weighted by atomic mass is 35.5. The number of benzene rings is 3. The van der Waals surface area contributed by atoms with Gasteiger partial charge < -0.3 is 10.2 Å². The Morgan fingerprint density at radius 2 is 1.56 bits per heavy atom. The summed E-state index contributed by atoms with van der Waals surface area (Å²) in [4.78, 5) is 29.0.